The van der Waals surface area contributed by atoms with Gasteiger partial charge in [0.1, 0.15) is 0 Å². The molecule has 0 radical (unpaired) electrons. The Labute approximate surface area is 134 Å². The Hall–Kier alpha value is -1.70. The normalized spacial score (nSPS) is 19.7. The summed E-state index contributed by atoms with van der Waals surface area (Å²) in [5, 5.41) is 2.58. The minimum absolute atomic E-state index is 0.0425. The Morgan fingerprint density at radius 3 is 2.57 bits per heavy atom. The van der Waals surface area contributed by atoms with Crippen molar-refractivity contribution in [3.8, 4) is 0 Å². The Morgan fingerprint density at radius 1 is 1.30 bits per heavy atom. The maximum Gasteiger partial charge on any atom is 0.317 e. The van der Waals surface area contributed by atoms with E-state index in [2.05, 4.69) is 5.32 Å². The van der Waals surface area contributed by atoms with Crippen LogP contribution < -0.4 is 5.32 Å². The topological polar surface area (TPSA) is 66.5 Å². The quantitative estimate of drug-likeness (QED) is 0.855. The van der Waals surface area contributed by atoms with Crippen molar-refractivity contribution in [2.75, 3.05) is 24.6 Å². The van der Waals surface area contributed by atoms with Crippen molar-refractivity contribution in [1.29, 1.82) is 0 Å². The summed E-state index contributed by atoms with van der Waals surface area (Å²) in [5.74, 6) is 0.0214. The monoisotopic (exact) mass is 346 g/mol. The Bertz CT molecular complexity index is 623. The van der Waals surface area contributed by atoms with Crippen LogP contribution in [0.2, 0.25) is 0 Å². The highest BCUT2D eigenvalue weighted by Gasteiger charge is 2.28. The molecule has 0 aromatic heterocycles. The number of amides is 2. The van der Waals surface area contributed by atoms with Crippen LogP contribution in [0.25, 0.3) is 0 Å². The van der Waals surface area contributed by atoms with Gasteiger partial charge in [-0.1, -0.05) is 30.3 Å². The molecule has 0 aliphatic carbocycles. The van der Waals surface area contributed by atoms with Crippen molar-refractivity contribution in [2.24, 2.45) is 5.92 Å². The molecule has 1 heterocycles. The lowest BCUT2D eigenvalue weighted by atomic mass is 10.1. The smallest absolute Gasteiger partial charge is 0.317 e. The van der Waals surface area contributed by atoms with Gasteiger partial charge in [0, 0.05) is 13.1 Å². The fourth-order valence-electron chi connectivity index (χ4n) is 2.57. The number of alkyl halides is 2. The van der Waals surface area contributed by atoms with Crippen molar-refractivity contribution in [3.05, 3.63) is 35.9 Å². The second kappa shape index (κ2) is 7.72. The average molecular weight is 346 g/mol. The van der Waals surface area contributed by atoms with Gasteiger partial charge < -0.3 is 10.2 Å². The third-order valence-electron chi connectivity index (χ3n) is 3.73. The maximum absolute atomic E-state index is 12.7. The highest BCUT2D eigenvalue weighted by molar-refractivity contribution is 7.91. The number of benzene rings is 1. The number of hydrogen-bond donors (Lipinski definition) is 1. The van der Waals surface area contributed by atoms with Gasteiger partial charge in [-0.3, -0.25) is 0 Å². The molecule has 128 valence electrons. The van der Waals surface area contributed by atoms with Crippen LogP contribution in [0.3, 0.4) is 0 Å². The van der Waals surface area contributed by atoms with Gasteiger partial charge in [0.05, 0.1) is 18.1 Å². The molecule has 1 aliphatic rings. The lowest BCUT2D eigenvalue weighted by molar-refractivity contribution is 0.0954. The SMILES string of the molecule is O=C(NCC1CCS(=O)(=O)C1)N(Cc1ccccc1)CC(F)F. The van der Waals surface area contributed by atoms with E-state index in [1.165, 1.54) is 0 Å². The van der Waals surface area contributed by atoms with Crippen molar-refractivity contribution in [2.45, 2.75) is 19.4 Å². The molecule has 0 spiro atoms. The van der Waals surface area contributed by atoms with E-state index in [0.717, 1.165) is 10.5 Å². The predicted molar refractivity (Wildman–Crippen MR) is 83.0 cm³/mol. The fourth-order valence-corrected chi connectivity index (χ4v) is 4.43. The van der Waals surface area contributed by atoms with Crippen LogP contribution in [0.15, 0.2) is 30.3 Å². The number of hydrogen-bond acceptors (Lipinski definition) is 3. The van der Waals surface area contributed by atoms with Gasteiger partial charge in [0.2, 0.25) is 0 Å². The molecule has 1 unspecified atom stereocenters. The van der Waals surface area contributed by atoms with E-state index in [9.17, 15) is 22.0 Å². The molecule has 23 heavy (non-hydrogen) atoms. The van der Waals surface area contributed by atoms with E-state index in [0.29, 0.717) is 6.42 Å². The summed E-state index contributed by atoms with van der Waals surface area (Å²) in [4.78, 5) is 13.2. The zero-order valence-electron chi connectivity index (χ0n) is 12.6. The first kappa shape index (κ1) is 17.7. The molecular formula is C15H20F2N2O3S. The molecule has 2 amide bonds. The molecule has 1 aromatic rings. The van der Waals surface area contributed by atoms with E-state index < -0.39 is 28.8 Å². The van der Waals surface area contributed by atoms with Crippen LogP contribution in [-0.4, -0.2) is 50.4 Å². The van der Waals surface area contributed by atoms with Gasteiger partial charge in [-0.25, -0.2) is 22.0 Å². The predicted octanol–water partition coefficient (Wildman–Crippen LogP) is 1.90. The molecule has 1 aliphatic heterocycles. The number of rotatable bonds is 6. The summed E-state index contributed by atoms with van der Waals surface area (Å²) in [7, 11) is -3.02. The number of carbonyl (C=O) groups excluding carboxylic acids is 1. The van der Waals surface area contributed by atoms with Crippen LogP contribution in [0.1, 0.15) is 12.0 Å². The van der Waals surface area contributed by atoms with Crippen LogP contribution >= 0.6 is 0 Å². The molecule has 1 atom stereocenters. The minimum Gasteiger partial charge on any atom is -0.338 e. The average Bonchev–Trinajstić information content (AvgIpc) is 2.84. The van der Waals surface area contributed by atoms with Gasteiger partial charge in [-0.05, 0) is 17.9 Å². The van der Waals surface area contributed by atoms with Gasteiger partial charge >= 0.3 is 6.03 Å². The molecule has 8 heteroatoms. The van der Waals surface area contributed by atoms with Crippen molar-refractivity contribution < 1.29 is 22.0 Å². The van der Waals surface area contributed by atoms with Crippen LogP contribution in [0.4, 0.5) is 13.6 Å². The number of urea groups is 1. The van der Waals surface area contributed by atoms with E-state index in [-0.39, 0.29) is 30.5 Å². The molecule has 1 fully saturated rings. The van der Waals surface area contributed by atoms with Crippen LogP contribution in [-0.2, 0) is 16.4 Å². The Kier molecular flexibility index (Phi) is 5.92. The van der Waals surface area contributed by atoms with Crippen LogP contribution in [0, 0.1) is 5.92 Å². The molecular weight excluding hydrogens is 326 g/mol. The zero-order chi connectivity index (χ0) is 16.9. The van der Waals surface area contributed by atoms with E-state index in [1.54, 1.807) is 24.3 Å². The maximum atomic E-state index is 12.7. The lowest BCUT2D eigenvalue weighted by Crippen LogP contribution is -2.43. The summed E-state index contributed by atoms with van der Waals surface area (Å²) in [6.45, 7) is -0.393. The first-order valence-electron chi connectivity index (χ1n) is 7.41. The molecule has 0 bridgehead atoms. The van der Waals surface area contributed by atoms with Crippen LogP contribution in [0.5, 0.6) is 0 Å². The Balaban J connectivity index is 1.91. The molecule has 1 saturated heterocycles. The van der Waals surface area contributed by atoms with Crippen molar-refractivity contribution >= 4 is 15.9 Å². The molecule has 1 N–H and O–H groups in total. The summed E-state index contributed by atoms with van der Waals surface area (Å²) in [6, 6.07) is 8.28. The summed E-state index contributed by atoms with van der Waals surface area (Å²) < 4.78 is 48.1. The molecule has 2 rings (SSSR count). The van der Waals surface area contributed by atoms with E-state index >= 15 is 0 Å². The number of carbonyl (C=O) groups is 1. The highest BCUT2D eigenvalue weighted by atomic mass is 32.2. The minimum atomic E-state index is -3.02. The first-order chi connectivity index (χ1) is 10.9. The fraction of sp³-hybridized carbons (Fsp3) is 0.533. The number of nitrogens with one attached hydrogen (secondary N) is 1. The standard InChI is InChI=1S/C15H20F2N2O3S/c16-14(17)10-19(9-12-4-2-1-3-5-12)15(20)18-8-13-6-7-23(21,22)11-13/h1-5,13-14H,6-11H2,(H,18,20). The summed E-state index contributed by atoms with van der Waals surface area (Å²) >= 11 is 0. The van der Waals surface area contributed by atoms with E-state index in [4.69, 9.17) is 0 Å². The van der Waals surface area contributed by atoms with E-state index in [1.807, 2.05) is 6.07 Å². The second-order valence-electron chi connectivity index (χ2n) is 5.71. The first-order valence-corrected chi connectivity index (χ1v) is 9.23. The zero-order valence-corrected chi connectivity index (χ0v) is 13.4. The Morgan fingerprint density at radius 2 is 2.00 bits per heavy atom. The number of nitrogens with zero attached hydrogens (tertiary/aromatic N) is 1. The molecule has 0 saturated carbocycles. The highest BCUT2D eigenvalue weighted by Crippen LogP contribution is 2.17. The number of sulfone groups is 1. The van der Waals surface area contributed by atoms with Crippen molar-refractivity contribution in [3.63, 3.8) is 0 Å². The van der Waals surface area contributed by atoms with Gasteiger partial charge in [0.25, 0.3) is 6.43 Å². The van der Waals surface area contributed by atoms with Gasteiger partial charge in [0.15, 0.2) is 9.84 Å². The third kappa shape index (κ3) is 5.78. The summed E-state index contributed by atoms with van der Waals surface area (Å²) in [5.41, 5.74) is 0.756. The van der Waals surface area contributed by atoms with Gasteiger partial charge in [-0.2, -0.15) is 0 Å². The second-order valence-corrected chi connectivity index (χ2v) is 7.94. The largest absolute Gasteiger partial charge is 0.338 e. The molecule has 5 nitrogen and oxygen atoms in total. The van der Waals surface area contributed by atoms with Crippen molar-refractivity contribution in [1.82, 2.24) is 10.2 Å². The van der Waals surface area contributed by atoms with Gasteiger partial charge in [-0.15, -0.1) is 0 Å². The lowest BCUT2D eigenvalue weighted by Gasteiger charge is -2.23. The number of halogens is 2. The third-order valence-corrected chi connectivity index (χ3v) is 5.57. The summed E-state index contributed by atoms with van der Waals surface area (Å²) in [6.07, 6.45) is -2.13. The molecule has 1 aromatic carbocycles.